The number of benzene rings is 2. The Kier molecular flexibility index (Phi) is 4.66. The highest BCUT2D eigenvalue weighted by Gasteiger charge is 2.11. The van der Waals surface area contributed by atoms with Gasteiger partial charge in [0, 0.05) is 17.8 Å². The zero-order valence-corrected chi connectivity index (χ0v) is 11.2. The molecule has 0 aromatic heterocycles. The molecule has 8 nitrogen and oxygen atoms in total. The van der Waals surface area contributed by atoms with Crippen molar-refractivity contribution in [2.45, 2.75) is 0 Å². The van der Waals surface area contributed by atoms with E-state index in [4.69, 9.17) is 4.74 Å². The highest BCUT2D eigenvalue weighted by molar-refractivity contribution is 5.99. The van der Waals surface area contributed by atoms with Crippen molar-refractivity contribution in [3.8, 4) is 5.75 Å². The first-order chi connectivity index (χ1) is 10.5. The van der Waals surface area contributed by atoms with Gasteiger partial charge in [-0.05, 0) is 24.3 Å². The Morgan fingerprint density at radius 3 is 2.23 bits per heavy atom. The largest absolute Gasteiger partial charge is 0.420 e. The summed E-state index contributed by atoms with van der Waals surface area (Å²) < 4.78 is 4.82. The number of nitro groups is 1. The van der Waals surface area contributed by atoms with Crippen molar-refractivity contribution in [3.05, 3.63) is 64.7 Å². The zero-order chi connectivity index (χ0) is 15.9. The molecule has 2 aromatic rings. The number of carbonyl (C=O) groups excluding carboxylic acids is 2. The number of para-hydroxylation sites is 1. The van der Waals surface area contributed by atoms with E-state index in [-0.39, 0.29) is 11.4 Å². The van der Waals surface area contributed by atoms with Gasteiger partial charge in [-0.3, -0.25) is 10.1 Å². The van der Waals surface area contributed by atoms with Gasteiger partial charge in [-0.15, -0.1) is 0 Å². The van der Waals surface area contributed by atoms with Crippen molar-refractivity contribution < 1.29 is 19.2 Å². The summed E-state index contributed by atoms with van der Waals surface area (Å²) in [5.41, 5.74) is 0.387. The molecule has 0 aliphatic rings. The third kappa shape index (κ3) is 4.30. The van der Waals surface area contributed by atoms with Crippen LogP contribution in [0.4, 0.5) is 21.0 Å². The number of amides is 3. The molecule has 0 unspecified atom stereocenters. The number of rotatable bonds is 3. The normalized spacial score (nSPS) is 9.64. The number of imide groups is 1. The third-order valence-corrected chi connectivity index (χ3v) is 2.51. The summed E-state index contributed by atoms with van der Waals surface area (Å²) in [4.78, 5) is 33.0. The Morgan fingerprint density at radius 2 is 1.64 bits per heavy atom. The van der Waals surface area contributed by atoms with Gasteiger partial charge in [0.05, 0.1) is 4.92 Å². The fourth-order valence-corrected chi connectivity index (χ4v) is 1.54. The van der Waals surface area contributed by atoms with E-state index in [0.29, 0.717) is 5.69 Å². The van der Waals surface area contributed by atoms with Gasteiger partial charge in [-0.25, -0.2) is 14.9 Å². The molecule has 0 atom stereocenters. The predicted octanol–water partition coefficient (Wildman–Crippen LogP) is 2.92. The first kappa shape index (κ1) is 15.0. The van der Waals surface area contributed by atoms with E-state index in [1.807, 2.05) is 5.32 Å². The minimum absolute atomic E-state index is 0.0793. The lowest BCUT2D eigenvalue weighted by molar-refractivity contribution is -0.384. The van der Waals surface area contributed by atoms with Crippen LogP contribution in [-0.2, 0) is 0 Å². The fraction of sp³-hybridized carbons (Fsp3) is 0. The monoisotopic (exact) mass is 301 g/mol. The van der Waals surface area contributed by atoms with Crippen molar-refractivity contribution in [3.63, 3.8) is 0 Å². The predicted molar refractivity (Wildman–Crippen MR) is 77.7 cm³/mol. The Hall–Kier alpha value is -3.42. The van der Waals surface area contributed by atoms with Gasteiger partial charge in [0.15, 0.2) is 0 Å². The number of ether oxygens (including phenoxy) is 1. The molecule has 0 saturated carbocycles. The molecule has 0 fully saturated rings. The van der Waals surface area contributed by atoms with Crippen LogP contribution in [0.3, 0.4) is 0 Å². The maximum atomic E-state index is 11.5. The fourth-order valence-electron chi connectivity index (χ4n) is 1.54. The van der Waals surface area contributed by atoms with E-state index in [1.54, 1.807) is 30.3 Å². The highest BCUT2D eigenvalue weighted by Crippen LogP contribution is 2.17. The first-order valence-electron chi connectivity index (χ1n) is 6.14. The van der Waals surface area contributed by atoms with Crippen LogP contribution in [0.2, 0.25) is 0 Å². The molecule has 22 heavy (non-hydrogen) atoms. The van der Waals surface area contributed by atoms with Crippen LogP contribution >= 0.6 is 0 Å². The summed E-state index contributed by atoms with van der Waals surface area (Å²) in [5, 5.41) is 14.9. The molecule has 2 aromatic carbocycles. The van der Waals surface area contributed by atoms with Crippen LogP contribution in [0.25, 0.3) is 0 Å². The number of nitrogens with one attached hydrogen (secondary N) is 2. The van der Waals surface area contributed by atoms with Gasteiger partial charge < -0.3 is 10.1 Å². The molecule has 0 spiro atoms. The highest BCUT2D eigenvalue weighted by atomic mass is 16.6. The van der Waals surface area contributed by atoms with E-state index >= 15 is 0 Å². The van der Waals surface area contributed by atoms with Crippen LogP contribution in [0, 0.1) is 10.1 Å². The minimum atomic E-state index is -0.998. The lowest BCUT2D eigenvalue weighted by Crippen LogP contribution is -2.36. The molecule has 0 aliphatic carbocycles. The van der Waals surface area contributed by atoms with Crippen molar-refractivity contribution in [2.75, 3.05) is 5.32 Å². The summed E-state index contributed by atoms with van der Waals surface area (Å²) in [6.07, 6.45) is -0.998. The van der Waals surface area contributed by atoms with Crippen molar-refractivity contribution >= 4 is 23.5 Å². The number of urea groups is 1. The van der Waals surface area contributed by atoms with E-state index in [1.165, 1.54) is 24.3 Å². The second-order valence-electron chi connectivity index (χ2n) is 4.09. The van der Waals surface area contributed by atoms with Crippen molar-refractivity contribution in [2.24, 2.45) is 0 Å². The third-order valence-electron chi connectivity index (χ3n) is 2.51. The van der Waals surface area contributed by atoms with Crippen LogP contribution < -0.4 is 15.4 Å². The molecule has 0 radical (unpaired) electrons. The van der Waals surface area contributed by atoms with Crippen LogP contribution in [0.5, 0.6) is 5.75 Å². The molecule has 2 N–H and O–H groups in total. The SMILES string of the molecule is O=C(NC(=O)Oc1ccc([N+](=O)[O-])cc1)Nc1ccccc1. The second kappa shape index (κ2) is 6.84. The molecule has 8 heteroatoms. The van der Waals surface area contributed by atoms with Gasteiger partial charge >= 0.3 is 12.1 Å². The van der Waals surface area contributed by atoms with E-state index < -0.39 is 17.0 Å². The van der Waals surface area contributed by atoms with Crippen LogP contribution in [0.15, 0.2) is 54.6 Å². The average Bonchev–Trinajstić information content (AvgIpc) is 2.48. The van der Waals surface area contributed by atoms with E-state index in [2.05, 4.69) is 5.32 Å². The number of anilines is 1. The van der Waals surface area contributed by atoms with Gasteiger partial charge in [0.1, 0.15) is 5.75 Å². The number of carbonyl (C=O) groups is 2. The number of hydrogen-bond acceptors (Lipinski definition) is 5. The van der Waals surface area contributed by atoms with Gasteiger partial charge in [0.2, 0.25) is 0 Å². The second-order valence-corrected chi connectivity index (χ2v) is 4.09. The number of nitro benzene ring substituents is 1. The molecular weight excluding hydrogens is 290 g/mol. The first-order valence-corrected chi connectivity index (χ1v) is 6.14. The molecule has 112 valence electrons. The van der Waals surface area contributed by atoms with Gasteiger partial charge in [-0.1, -0.05) is 18.2 Å². The summed E-state index contributed by atoms with van der Waals surface area (Å²) >= 11 is 0. The van der Waals surface area contributed by atoms with E-state index in [0.717, 1.165) is 0 Å². The molecule has 0 heterocycles. The van der Waals surface area contributed by atoms with Crippen molar-refractivity contribution in [1.82, 2.24) is 5.32 Å². The summed E-state index contributed by atoms with van der Waals surface area (Å²) in [6, 6.07) is 12.7. The summed E-state index contributed by atoms with van der Waals surface area (Å²) in [5.74, 6) is 0.0793. The lowest BCUT2D eigenvalue weighted by Gasteiger charge is -2.07. The number of hydrogen-bond donors (Lipinski definition) is 2. The van der Waals surface area contributed by atoms with Gasteiger partial charge in [0.25, 0.3) is 5.69 Å². The standard InChI is InChI=1S/C14H11N3O5/c18-13(15-10-4-2-1-3-5-10)16-14(19)22-12-8-6-11(7-9-12)17(20)21/h1-9H,(H2,15,16,18,19). The average molecular weight is 301 g/mol. The minimum Gasteiger partial charge on any atom is -0.410 e. The Labute approximate surface area is 124 Å². The molecule has 2 rings (SSSR count). The maximum absolute atomic E-state index is 11.5. The van der Waals surface area contributed by atoms with Gasteiger partial charge in [-0.2, -0.15) is 0 Å². The van der Waals surface area contributed by atoms with Crippen LogP contribution in [0.1, 0.15) is 0 Å². The molecule has 3 amide bonds. The van der Waals surface area contributed by atoms with Crippen molar-refractivity contribution in [1.29, 1.82) is 0 Å². The number of non-ortho nitro benzene ring substituents is 1. The Balaban J connectivity index is 1.87. The zero-order valence-electron chi connectivity index (χ0n) is 11.2. The smallest absolute Gasteiger partial charge is 0.410 e. The van der Waals surface area contributed by atoms with E-state index in [9.17, 15) is 19.7 Å². The van der Waals surface area contributed by atoms with Crippen LogP contribution in [-0.4, -0.2) is 17.0 Å². The summed E-state index contributed by atoms with van der Waals surface area (Å²) in [7, 11) is 0. The number of nitrogens with zero attached hydrogens (tertiary/aromatic N) is 1. The molecule has 0 bridgehead atoms. The molecular formula is C14H11N3O5. The Morgan fingerprint density at radius 1 is 1.00 bits per heavy atom. The summed E-state index contributed by atoms with van der Waals surface area (Å²) in [6.45, 7) is 0. The topological polar surface area (TPSA) is 111 Å². The molecule has 0 saturated heterocycles. The molecule has 0 aliphatic heterocycles. The maximum Gasteiger partial charge on any atom is 0.420 e. The quantitative estimate of drug-likeness (QED) is 0.669. The lowest BCUT2D eigenvalue weighted by atomic mass is 10.3. The Bertz CT molecular complexity index is 685.